The molecule has 2 aromatic rings. The number of amides is 1. The zero-order valence-electron chi connectivity index (χ0n) is 15.5. The second-order valence-electron chi connectivity index (χ2n) is 6.34. The van der Waals surface area contributed by atoms with Crippen molar-refractivity contribution in [2.45, 2.75) is 12.6 Å². The number of nitrogens with two attached hydrogens (primary N) is 1. The van der Waals surface area contributed by atoms with Gasteiger partial charge in [-0.15, -0.1) is 0 Å². The first-order valence-corrected chi connectivity index (χ1v) is 9.08. The van der Waals surface area contributed by atoms with Gasteiger partial charge >= 0.3 is 0 Å². The standard InChI is InChI=1S/C22H22N2O4/c23-22(26)21(24-12-14-27-15-13-24)19(25)11-10-18-8-4-5-9-20(18)28-16-17-6-2-1-3-7-17/h1-9,21H,12-16H2,(H2,23,26). The quantitative estimate of drug-likeness (QED) is 0.607. The van der Waals surface area contributed by atoms with Crippen molar-refractivity contribution in [3.8, 4) is 17.6 Å². The highest BCUT2D eigenvalue weighted by Gasteiger charge is 2.31. The highest BCUT2D eigenvalue weighted by atomic mass is 16.5. The van der Waals surface area contributed by atoms with E-state index < -0.39 is 17.7 Å². The van der Waals surface area contributed by atoms with Crippen LogP contribution in [0.5, 0.6) is 5.75 Å². The van der Waals surface area contributed by atoms with E-state index in [1.807, 2.05) is 42.5 Å². The monoisotopic (exact) mass is 378 g/mol. The van der Waals surface area contributed by atoms with Gasteiger partial charge in [-0.2, -0.15) is 0 Å². The first kappa shape index (κ1) is 19.6. The lowest BCUT2D eigenvalue weighted by Gasteiger charge is -2.30. The molecule has 0 spiro atoms. The van der Waals surface area contributed by atoms with E-state index >= 15 is 0 Å². The molecule has 1 aliphatic heterocycles. The fraction of sp³-hybridized carbons (Fsp3) is 0.273. The largest absolute Gasteiger partial charge is 0.488 e. The molecule has 1 unspecified atom stereocenters. The van der Waals surface area contributed by atoms with E-state index in [-0.39, 0.29) is 0 Å². The van der Waals surface area contributed by atoms with Crippen molar-refractivity contribution in [1.29, 1.82) is 0 Å². The Balaban J connectivity index is 1.73. The van der Waals surface area contributed by atoms with Crippen LogP contribution in [0.25, 0.3) is 0 Å². The number of morpholine rings is 1. The third-order valence-electron chi connectivity index (χ3n) is 4.37. The van der Waals surface area contributed by atoms with E-state index in [1.54, 1.807) is 17.0 Å². The van der Waals surface area contributed by atoms with Gasteiger partial charge in [0.05, 0.1) is 18.8 Å². The minimum absolute atomic E-state index is 0.394. The van der Waals surface area contributed by atoms with Crippen molar-refractivity contribution in [2.24, 2.45) is 5.73 Å². The third kappa shape index (κ3) is 5.19. The summed E-state index contributed by atoms with van der Waals surface area (Å²) in [6, 6.07) is 15.9. The normalized spacial score (nSPS) is 15.1. The fourth-order valence-electron chi connectivity index (χ4n) is 2.94. The lowest BCUT2D eigenvalue weighted by molar-refractivity contribution is -0.133. The second-order valence-corrected chi connectivity index (χ2v) is 6.34. The molecular formula is C22H22N2O4. The molecule has 1 aliphatic rings. The predicted molar refractivity (Wildman–Crippen MR) is 104 cm³/mol. The van der Waals surface area contributed by atoms with E-state index in [9.17, 15) is 9.59 Å². The summed E-state index contributed by atoms with van der Waals surface area (Å²) in [7, 11) is 0. The minimum atomic E-state index is -1.06. The number of para-hydroxylation sites is 1. The van der Waals surface area contributed by atoms with E-state index in [4.69, 9.17) is 15.2 Å². The highest BCUT2D eigenvalue weighted by molar-refractivity contribution is 6.13. The Kier molecular flexibility index (Phi) is 6.79. The van der Waals surface area contributed by atoms with E-state index in [2.05, 4.69) is 11.8 Å². The molecule has 6 heteroatoms. The van der Waals surface area contributed by atoms with Gasteiger partial charge in [0.2, 0.25) is 11.7 Å². The van der Waals surface area contributed by atoms with Gasteiger partial charge in [-0.05, 0) is 23.6 Å². The SMILES string of the molecule is NC(=O)C(C(=O)C#Cc1ccccc1OCc1ccccc1)N1CCOCC1. The Morgan fingerprint density at radius 1 is 1.07 bits per heavy atom. The van der Waals surface area contributed by atoms with E-state index in [0.717, 1.165) is 5.56 Å². The maximum atomic E-state index is 12.6. The van der Waals surface area contributed by atoms with Crippen molar-refractivity contribution in [3.63, 3.8) is 0 Å². The van der Waals surface area contributed by atoms with Crippen molar-refractivity contribution in [2.75, 3.05) is 26.3 Å². The van der Waals surface area contributed by atoms with Crippen LogP contribution < -0.4 is 10.5 Å². The average molecular weight is 378 g/mol. The summed E-state index contributed by atoms with van der Waals surface area (Å²) < 4.78 is 11.1. The molecule has 28 heavy (non-hydrogen) atoms. The molecule has 0 aromatic heterocycles. The average Bonchev–Trinajstić information content (AvgIpc) is 2.73. The molecule has 0 radical (unpaired) electrons. The predicted octanol–water partition coefficient (Wildman–Crippen LogP) is 1.37. The van der Waals surface area contributed by atoms with Crippen LogP contribution in [0.2, 0.25) is 0 Å². The molecule has 1 amide bonds. The summed E-state index contributed by atoms with van der Waals surface area (Å²) >= 11 is 0. The summed E-state index contributed by atoms with van der Waals surface area (Å²) in [6.07, 6.45) is 0. The van der Waals surface area contributed by atoms with Crippen molar-refractivity contribution in [3.05, 3.63) is 65.7 Å². The molecule has 0 bridgehead atoms. The number of hydrogen-bond acceptors (Lipinski definition) is 5. The molecule has 3 rings (SSSR count). The summed E-state index contributed by atoms with van der Waals surface area (Å²) in [6.45, 7) is 2.25. The maximum Gasteiger partial charge on any atom is 0.243 e. The van der Waals surface area contributed by atoms with Crippen LogP contribution in [0.15, 0.2) is 54.6 Å². The highest BCUT2D eigenvalue weighted by Crippen LogP contribution is 2.18. The van der Waals surface area contributed by atoms with E-state index in [1.165, 1.54) is 0 Å². The molecule has 1 fully saturated rings. The number of ether oxygens (including phenoxy) is 2. The number of hydrogen-bond donors (Lipinski definition) is 1. The number of carbonyl (C=O) groups is 2. The van der Waals surface area contributed by atoms with E-state index in [0.29, 0.717) is 44.2 Å². The Morgan fingerprint density at radius 3 is 2.46 bits per heavy atom. The first-order valence-electron chi connectivity index (χ1n) is 9.08. The van der Waals surface area contributed by atoms with Crippen LogP contribution in [0, 0.1) is 11.8 Å². The summed E-state index contributed by atoms with van der Waals surface area (Å²) in [5, 5.41) is 0. The maximum absolute atomic E-state index is 12.6. The van der Waals surface area contributed by atoms with Gasteiger partial charge in [0.1, 0.15) is 12.4 Å². The number of ketones is 1. The van der Waals surface area contributed by atoms with Crippen LogP contribution in [0.3, 0.4) is 0 Å². The molecule has 1 saturated heterocycles. The fourth-order valence-corrected chi connectivity index (χ4v) is 2.94. The molecule has 144 valence electrons. The lowest BCUT2D eigenvalue weighted by atomic mass is 10.1. The van der Waals surface area contributed by atoms with Crippen LogP contribution in [-0.4, -0.2) is 48.9 Å². The molecule has 2 N–H and O–H groups in total. The van der Waals surface area contributed by atoms with Crippen LogP contribution in [0.4, 0.5) is 0 Å². The Bertz CT molecular complexity index is 880. The smallest absolute Gasteiger partial charge is 0.243 e. The number of rotatable bonds is 6. The van der Waals surface area contributed by atoms with Gasteiger partial charge in [-0.1, -0.05) is 48.4 Å². The number of benzene rings is 2. The number of Topliss-reactive ketones (excluding diaryl/α,β-unsaturated/α-hetero) is 1. The molecule has 0 aliphatic carbocycles. The number of primary amides is 1. The zero-order chi connectivity index (χ0) is 19.8. The Labute approximate surface area is 164 Å². The van der Waals surface area contributed by atoms with Gasteiger partial charge in [-0.3, -0.25) is 14.5 Å². The molecule has 2 aromatic carbocycles. The summed E-state index contributed by atoms with van der Waals surface area (Å²) in [4.78, 5) is 26.1. The topological polar surface area (TPSA) is 81.9 Å². The van der Waals surface area contributed by atoms with Crippen LogP contribution >= 0.6 is 0 Å². The van der Waals surface area contributed by atoms with Gasteiger partial charge in [-0.25, -0.2) is 0 Å². The van der Waals surface area contributed by atoms with Gasteiger partial charge < -0.3 is 15.2 Å². The Hall–Kier alpha value is -3.14. The van der Waals surface area contributed by atoms with Crippen LogP contribution in [-0.2, 0) is 20.9 Å². The minimum Gasteiger partial charge on any atom is -0.488 e. The third-order valence-corrected chi connectivity index (χ3v) is 4.37. The van der Waals surface area contributed by atoms with Crippen molar-refractivity contribution in [1.82, 2.24) is 4.90 Å². The van der Waals surface area contributed by atoms with Gasteiger partial charge in [0.25, 0.3) is 0 Å². The number of carbonyl (C=O) groups excluding carboxylic acids is 2. The second kappa shape index (κ2) is 9.70. The van der Waals surface area contributed by atoms with Crippen molar-refractivity contribution < 1.29 is 19.1 Å². The molecular weight excluding hydrogens is 356 g/mol. The molecule has 1 atom stereocenters. The number of nitrogens with zero attached hydrogens (tertiary/aromatic N) is 1. The molecule has 6 nitrogen and oxygen atoms in total. The molecule has 1 heterocycles. The van der Waals surface area contributed by atoms with Gasteiger partial charge in [0, 0.05) is 13.1 Å². The first-order chi connectivity index (χ1) is 13.6. The summed E-state index contributed by atoms with van der Waals surface area (Å²) in [5.74, 6) is 4.75. The summed E-state index contributed by atoms with van der Waals surface area (Å²) in [5.41, 5.74) is 7.06. The lowest BCUT2D eigenvalue weighted by Crippen LogP contribution is -2.53. The molecule has 0 saturated carbocycles. The van der Waals surface area contributed by atoms with Crippen molar-refractivity contribution >= 4 is 11.7 Å². The Morgan fingerprint density at radius 2 is 1.75 bits per heavy atom. The van der Waals surface area contributed by atoms with Gasteiger partial charge in [0.15, 0.2) is 6.04 Å². The van der Waals surface area contributed by atoms with Crippen LogP contribution in [0.1, 0.15) is 11.1 Å². The zero-order valence-corrected chi connectivity index (χ0v) is 15.5.